The average molecular weight is 397 g/mol. The van der Waals surface area contributed by atoms with Gasteiger partial charge in [0.05, 0.1) is 11.1 Å². The number of anilines is 1. The van der Waals surface area contributed by atoms with Gasteiger partial charge in [-0.15, -0.1) is 0 Å². The van der Waals surface area contributed by atoms with Crippen LogP contribution in [0.5, 0.6) is 0 Å². The summed E-state index contributed by atoms with van der Waals surface area (Å²) in [5, 5.41) is 21.2. The van der Waals surface area contributed by atoms with Gasteiger partial charge in [-0.3, -0.25) is 0 Å². The van der Waals surface area contributed by atoms with Crippen molar-refractivity contribution in [3.05, 3.63) is 29.3 Å². The zero-order valence-corrected chi connectivity index (χ0v) is 21.2. The summed E-state index contributed by atoms with van der Waals surface area (Å²) in [6.07, 6.45) is 12.6. The Morgan fingerprint density at radius 2 is 1.19 bits per heavy atom. The maximum Gasteiger partial charge on any atom is 1.00 e. The minimum absolute atomic E-state index is 0. The molecule has 0 fully saturated rings. The van der Waals surface area contributed by atoms with Crippen LogP contribution in [-0.4, -0.2) is 28.7 Å². The van der Waals surface area contributed by atoms with Gasteiger partial charge in [-0.2, -0.15) is 0 Å². The number of hydrogen-bond acceptors (Lipinski definition) is 3. The third kappa shape index (κ3) is 13.7. The predicted molar refractivity (Wildman–Crippen MR) is 103 cm³/mol. The summed E-state index contributed by atoms with van der Waals surface area (Å²) in [5.41, 5.74) is 0.532. The number of carboxylic acid groups (broad SMARTS) is 2. The van der Waals surface area contributed by atoms with Crippen molar-refractivity contribution in [1.82, 2.24) is 0 Å². The van der Waals surface area contributed by atoms with E-state index in [1.54, 1.807) is 0 Å². The number of carboxylic acids is 2. The van der Waals surface area contributed by atoms with E-state index in [-0.39, 0.29) is 73.1 Å². The maximum absolute atomic E-state index is 11.1. The Labute approximate surface area is 210 Å². The zero-order chi connectivity index (χ0) is 18.5. The third-order valence-corrected chi connectivity index (χ3v) is 4.29. The molecule has 1 aromatic carbocycles. The number of nitrogens with one attached hydrogen (secondary N) is 1. The van der Waals surface area contributed by atoms with E-state index in [0.29, 0.717) is 5.69 Å². The molecule has 3 N–H and O–H groups in total. The van der Waals surface area contributed by atoms with Gasteiger partial charge in [0.15, 0.2) is 0 Å². The molecular formula is C20H33NNa2O4. The van der Waals surface area contributed by atoms with Crippen LogP contribution in [0.3, 0.4) is 0 Å². The molecule has 0 heterocycles. The van der Waals surface area contributed by atoms with E-state index >= 15 is 0 Å². The second-order valence-electron chi connectivity index (χ2n) is 6.52. The van der Waals surface area contributed by atoms with Crippen LogP contribution in [0.25, 0.3) is 0 Å². The van der Waals surface area contributed by atoms with E-state index in [0.717, 1.165) is 19.4 Å². The van der Waals surface area contributed by atoms with E-state index in [1.165, 1.54) is 69.6 Å². The Hall–Kier alpha value is -0.0400. The Balaban J connectivity index is -0.000000781. The summed E-state index contributed by atoms with van der Waals surface area (Å²) < 4.78 is 0. The molecule has 144 valence electrons. The van der Waals surface area contributed by atoms with Crippen molar-refractivity contribution >= 4 is 17.6 Å². The van der Waals surface area contributed by atoms with Crippen LogP contribution < -0.4 is 64.4 Å². The molecule has 1 aromatic rings. The van der Waals surface area contributed by atoms with Gasteiger partial charge < -0.3 is 18.4 Å². The average Bonchev–Trinajstić information content (AvgIpc) is 2.59. The molecule has 0 aromatic heterocycles. The van der Waals surface area contributed by atoms with Crippen LogP contribution in [0, 0.1) is 0 Å². The van der Waals surface area contributed by atoms with Crippen molar-refractivity contribution in [2.24, 2.45) is 0 Å². The van der Waals surface area contributed by atoms with Gasteiger partial charge in [0, 0.05) is 12.2 Å². The molecule has 0 saturated carbocycles. The molecule has 0 radical (unpaired) electrons. The Kier molecular flexibility index (Phi) is 19.5. The molecule has 7 heteroatoms. The van der Waals surface area contributed by atoms with Gasteiger partial charge in [-0.25, -0.2) is 9.59 Å². The van der Waals surface area contributed by atoms with Gasteiger partial charge in [-0.1, -0.05) is 64.7 Å². The first-order valence-electron chi connectivity index (χ1n) is 9.40. The van der Waals surface area contributed by atoms with Crippen LogP contribution in [0.2, 0.25) is 0 Å². The Bertz CT molecular complexity index is 531. The molecular weight excluding hydrogens is 364 g/mol. The fraction of sp³-hybridized carbons (Fsp3) is 0.600. The summed E-state index contributed by atoms with van der Waals surface area (Å²) in [6.45, 7) is 2.95. The van der Waals surface area contributed by atoms with Crippen molar-refractivity contribution in [3.63, 3.8) is 0 Å². The normalized spacial score (nSPS) is 9.81. The van der Waals surface area contributed by atoms with E-state index in [1.807, 2.05) is 0 Å². The monoisotopic (exact) mass is 397 g/mol. The van der Waals surface area contributed by atoms with E-state index in [4.69, 9.17) is 10.2 Å². The van der Waals surface area contributed by atoms with Crippen LogP contribution in [0.4, 0.5) is 5.69 Å². The number of unbranched alkanes of at least 4 members (excludes halogenated alkanes) is 9. The SMILES string of the molecule is CCCCCCCCCCCCNc1cc(C(=O)O)cc(C(=O)O)c1.[H-].[H-].[Na+].[Na+]. The quantitative estimate of drug-likeness (QED) is 0.295. The van der Waals surface area contributed by atoms with Gasteiger partial charge in [0.1, 0.15) is 0 Å². The van der Waals surface area contributed by atoms with Crippen molar-refractivity contribution in [3.8, 4) is 0 Å². The second-order valence-corrected chi connectivity index (χ2v) is 6.52. The summed E-state index contributed by atoms with van der Waals surface area (Å²) in [5.74, 6) is -2.24. The molecule has 0 unspecified atom stereocenters. The van der Waals surface area contributed by atoms with Crippen molar-refractivity contribution < 1.29 is 81.8 Å². The Morgan fingerprint density at radius 1 is 0.778 bits per heavy atom. The molecule has 0 aliphatic carbocycles. The number of benzene rings is 1. The number of hydrogen-bond donors (Lipinski definition) is 3. The van der Waals surface area contributed by atoms with E-state index < -0.39 is 11.9 Å². The number of aromatic carboxylic acids is 2. The smallest absolute Gasteiger partial charge is 1.00 e. The summed E-state index contributed by atoms with van der Waals surface area (Å²) >= 11 is 0. The molecule has 27 heavy (non-hydrogen) atoms. The van der Waals surface area contributed by atoms with Gasteiger partial charge in [0.2, 0.25) is 0 Å². The third-order valence-electron chi connectivity index (χ3n) is 4.29. The summed E-state index contributed by atoms with van der Waals surface area (Å²) in [7, 11) is 0. The fourth-order valence-corrected chi connectivity index (χ4v) is 2.82. The molecule has 0 amide bonds. The first-order valence-corrected chi connectivity index (χ1v) is 9.40. The van der Waals surface area contributed by atoms with Crippen LogP contribution >= 0.6 is 0 Å². The zero-order valence-electron chi connectivity index (χ0n) is 19.2. The van der Waals surface area contributed by atoms with E-state index in [2.05, 4.69) is 12.2 Å². The second kappa shape index (κ2) is 18.0. The van der Waals surface area contributed by atoms with Crippen molar-refractivity contribution in [2.45, 2.75) is 71.1 Å². The standard InChI is InChI=1S/C20H31NO4.2Na.2H/c1-2-3-4-5-6-7-8-9-10-11-12-21-18-14-16(19(22)23)13-17(15-18)20(24)25;;;;/h13-15,21H,2-12H2,1H3,(H,22,23)(H,24,25);;;;/q;2*+1;2*-1. The summed E-state index contributed by atoms with van der Waals surface area (Å²) in [6, 6.07) is 4.13. The molecule has 0 bridgehead atoms. The Morgan fingerprint density at radius 3 is 1.59 bits per heavy atom. The first kappa shape index (κ1) is 29.2. The van der Waals surface area contributed by atoms with Crippen LogP contribution in [0.1, 0.15) is 94.7 Å². The molecule has 1 rings (SSSR count). The minimum Gasteiger partial charge on any atom is -1.00 e. The first-order chi connectivity index (χ1) is 12.0. The summed E-state index contributed by atoms with van der Waals surface area (Å²) in [4.78, 5) is 22.1. The van der Waals surface area contributed by atoms with Gasteiger partial charge in [0.25, 0.3) is 0 Å². The van der Waals surface area contributed by atoms with Gasteiger partial charge >= 0.3 is 71.1 Å². The molecule has 0 atom stereocenters. The topological polar surface area (TPSA) is 86.6 Å². The van der Waals surface area contributed by atoms with Crippen LogP contribution in [0.15, 0.2) is 18.2 Å². The van der Waals surface area contributed by atoms with Gasteiger partial charge in [-0.05, 0) is 24.6 Å². The molecule has 0 aliphatic heterocycles. The van der Waals surface area contributed by atoms with Crippen LogP contribution in [-0.2, 0) is 0 Å². The maximum atomic E-state index is 11.1. The fourth-order valence-electron chi connectivity index (χ4n) is 2.82. The number of carbonyl (C=O) groups is 2. The van der Waals surface area contributed by atoms with E-state index in [9.17, 15) is 9.59 Å². The predicted octanol–water partition coefficient (Wildman–Crippen LogP) is -0.351. The minimum atomic E-state index is -1.12. The molecule has 0 aliphatic rings. The molecule has 0 spiro atoms. The molecule has 5 nitrogen and oxygen atoms in total. The van der Waals surface area contributed by atoms with Crippen molar-refractivity contribution in [1.29, 1.82) is 0 Å². The number of rotatable bonds is 14. The molecule has 0 saturated heterocycles. The largest absolute Gasteiger partial charge is 1.00 e. The van der Waals surface area contributed by atoms with Crippen molar-refractivity contribution in [2.75, 3.05) is 11.9 Å².